The number of aromatic nitrogens is 3. The summed E-state index contributed by atoms with van der Waals surface area (Å²) in [5.41, 5.74) is 4.07. The lowest BCUT2D eigenvalue weighted by molar-refractivity contribution is 0.314. The molecule has 0 amide bonds. The van der Waals surface area contributed by atoms with Crippen LogP contribution in [-0.4, -0.2) is 34.2 Å². The highest BCUT2D eigenvalue weighted by Gasteiger charge is 2.11. The fourth-order valence-corrected chi connectivity index (χ4v) is 2.92. The fraction of sp³-hybridized carbons (Fsp3) is 0.318. The van der Waals surface area contributed by atoms with E-state index < -0.39 is 0 Å². The quantitative estimate of drug-likeness (QED) is 0.679. The Kier molecular flexibility index (Phi) is 8.21. The predicted molar refractivity (Wildman–Crippen MR) is 110 cm³/mol. The van der Waals surface area contributed by atoms with Crippen LogP contribution < -0.4 is 9.47 Å². The number of phenolic OH excluding ortho intramolecular Hbond substituents is 1. The van der Waals surface area contributed by atoms with E-state index in [1.165, 1.54) is 5.56 Å². The average Bonchev–Trinajstić information content (AvgIpc) is 2.76. The Morgan fingerprint density at radius 2 is 1.75 bits per heavy atom. The normalized spacial score (nSPS) is 10.0. The molecule has 0 aliphatic carbocycles. The fourth-order valence-electron chi connectivity index (χ4n) is 2.92. The Balaban J connectivity index is 0.000000200. The number of benzene rings is 2. The third-order valence-corrected chi connectivity index (χ3v) is 4.25. The maximum absolute atomic E-state index is 9.65. The number of aromatic hydroxyl groups is 1. The van der Waals surface area contributed by atoms with E-state index in [2.05, 4.69) is 29.3 Å². The molecule has 6 nitrogen and oxygen atoms in total. The number of aryl methyl sites for hydroxylation is 1. The van der Waals surface area contributed by atoms with Crippen LogP contribution in [0, 0.1) is 0 Å². The Bertz CT molecular complexity index is 870. The number of hydrogen-bond donors (Lipinski definition) is 1. The summed E-state index contributed by atoms with van der Waals surface area (Å²) in [6, 6.07) is 13.1. The van der Waals surface area contributed by atoms with Crippen LogP contribution in [0.1, 0.15) is 31.9 Å². The molecule has 1 heterocycles. The summed E-state index contributed by atoms with van der Waals surface area (Å²) in [7, 11) is 1.63. The molecule has 0 saturated carbocycles. The van der Waals surface area contributed by atoms with E-state index in [4.69, 9.17) is 9.47 Å². The van der Waals surface area contributed by atoms with Gasteiger partial charge in [0.15, 0.2) is 11.5 Å². The van der Waals surface area contributed by atoms with Crippen molar-refractivity contribution in [2.75, 3.05) is 13.7 Å². The Morgan fingerprint density at radius 1 is 0.964 bits per heavy atom. The number of para-hydroxylation sites is 1. The van der Waals surface area contributed by atoms with Gasteiger partial charge in [-0.05, 0) is 54.8 Å². The predicted octanol–water partition coefficient (Wildman–Crippen LogP) is 4.46. The summed E-state index contributed by atoms with van der Waals surface area (Å²) < 4.78 is 10.7. The van der Waals surface area contributed by atoms with E-state index in [-0.39, 0.29) is 5.75 Å². The number of methoxy groups -OCH3 is 1. The molecule has 0 spiro atoms. The Morgan fingerprint density at radius 3 is 2.36 bits per heavy atom. The highest BCUT2D eigenvalue weighted by Crippen LogP contribution is 2.33. The molecule has 1 N–H and O–H groups in total. The molecule has 2 aromatic carbocycles. The van der Waals surface area contributed by atoms with Crippen LogP contribution in [0.5, 0.6) is 17.2 Å². The summed E-state index contributed by atoms with van der Waals surface area (Å²) in [4.78, 5) is 0. The van der Waals surface area contributed by atoms with E-state index >= 15 is 0 Å². The molecule has 0 unspecified atom stereocenters. The molecule has 1 aromatic heterocycles. The van der Waals surface area contributed by atoms with Crippen molar-refractivity contribution in [3.8, 4) is 28.5 Å². The highest BCUT2D eigenvalue weighted by molar-refractivity contribution is 5.66. The summed E-state index contributed by atoms with van der Waals surface area (Å²) in [6.07, 6.45) is 3.48. The van der Waals surface area contributed by atoms with Gasteiger partial charge in [0, 0.05) is 11.1 Å². The zero-order valence-corrected chi connectivity index (χ0v) is 16.8. The van der Waals surface area contributed by atoms with Gasteiger partial charge in [0.2, 0.25) is 0 Å². The first-order valence-electron chi connectivity index (χ1n) is 9.40. The number of hydrogen-bond acceptors (Lipinski definition) is 6. The van der Waals surface area contributed by atoms with Crippen molar-refractivity contribution in [2.24, 2.45) is 0 Å². The van der Waals surface area contributed by atoms with Crippen molar-refractivity contribution >= 4 is 0 Å². The maximum Gasteiger partial charge on any atom is 0.164 e. The van der Waals surface area contributed by atoms with Crippen LogP contribution in [0.15, 0.2) is 48.7 Å². The van der Waals surface area contributed by atoms with Crippen LogP contribution in [0.3, 0.4) is 0 Å². The lowest BCUT2D eigenvalue weighted by atomic mass is 10.0. The standard InChI is InChI=1S/C12H18O2.C10H9N3O/c1-4-9-7-8-11(13)12(14-6-3)10(9)5-2;1-14-10-5-3-2-4-8(10)9-6-7-11-13-12-9/h7-8,13H,4-6H2,1-3H3;2-7H,1H3. The monoisotopic (exact) mass is 381 g/mol. The van der Waals surface area contributed by atoms with E-state index in [1.807, 2.05) is 37.3 Å². The number of rotatable bonds is 6. The van der Waals surface area contributed by atoms with Gasteiger partial charge in [-0.15, -0.1) is 10.2 Å². The molecule has 3 rings (SSSR count). The molecule has 0 aliphatic heterocycles. The minimum Gasteiger partial charge on any atom is -0.504 e. The first-order valence-corrected chi connectivity index (χ1v) is 9.40. The lowest BCUT2D eigenvalue weighted by Crippen LogP contribution is -2.00. The van der Waals surface area contributed by atoms with Crippen LogP contribution in [0.2, 0.25) is 0 Å². The Hall–Kier alpha value is -3.15. The molecular formula is C22H27N3O3. The van der Waals surface area contributed by atoms with Crippen LogP contribution in [0.4, 0.5) is 0 Å². The second kappa shape index (κ2) is 10.9. The van der Waals surface area contributed by atoms with Gasteiger partial charge >= 0.3 is 0 Å². The third-order valence-electron chi connectivity index (χ3n) is 4.25. The zero-order valence-electron chi connectivity index (χ0n) is 16.8. The molecule has 0 aliphatic rings. The van der Waals surface area contributed by atoms with Crippen LogP contribution in [-0.2, 0) is 12.8 Å². The minimum absolute atomic E-state index is 0.251. The van der Waals surface area contributed by atoms with Gasteiger partial charge in [-0.3, -0.25) is 0 Å². The first kappa shape index (κ1) is 21.2. The smallest absolute Gasteiger partial charge is 0.164 e. The number of phenols is 1. The van der Waals surface area contributed by atoms with Gasteiger partial charge in [0.25, 0.3) is 0 Å². The van der Waals surface area contributed by atoms with Gasteiger partial charge in [-0.25, -0.2) is 0 Å². The maximum atomic E-state index is 9.65. The molecule has 0 saturated heterocycles. The average molecular weight is 381 g/mol. The highest BCUT2D eigenvalue weighted by atomic mass is 16.5. The number of nitrogens with zero attached hydrogens (tertiary/aromatic N) is 3. The van der Waals surface area contributed by atoms with E-state index in [0.29, 0.717) is 12.4 Å². The Labute approximate surface area is 166 Å². The molecule has 3 aromatic rings. The molecule has 6 heteroatoms. The molecule has 28 heavy (non-hydrogen) atoms. The van der Waals surface area contributed by atoms with Gasteiger partial charge in [0.05, 0.1) is 19.9 Å². The van der Waals surface area contributed by atoms with E-state index in [1.54, 1.807) is 25.4 Å². The summed E-state index contributed by atoms with van der Waals surface area (Å²) in [6.45, 7) is 6.71. The molecule has 0 fully saturated rings. The van der Waals surface area contributed by atoms with Crippen molar-refractivity contribution in [3.05, 3.63) is 59.8 Å². The second-order valence-electron chi connectivity index (χ2n) is 5.90. The molecular weight excluding hydrogens is 354 g/mol. The van der Waals surface area contributed by atoms with Crippen molar-refractivity contribution in [1.82, 2.24) is 15.4 Å². The topological polar surface area (TPSA) is 77.4 Å². The summed E-state index contributed by atoms with van der Waals surface area (Å²) in [5, 5.41) is 20.8. The van der Waals surface area contributed by atoms with Crippen molar-refractivity contribution in [3.63, 3.8) is 0 Å². The zero-order chi connectivity index (χ0) is 20.4. The third kappa shape index (κ3) is 5.19. The molecule has 0 atom stereocenters. The van der Waals surface area contributed by atoms with Gasteiger partial charge < -0.3 is 14.6 Å². The SMILES string of the molecule is CCOc1c(O)ccc(CC)c1CC.COc1ccccc1-c1ccnnn1. The lowest BCUT2D eigenvalue weighted by Gasteiger charge is -2.14. The van der Waals surface area contributed by atoms with Gasteiger partial charge in [-0.2, -0.15) is 0 Å². The summed E-state index contributed by atoms with van der Waals surface area (Å²) >= 11 is 0. The second-order valence-corrected chi connectivity index (χ2v) is 5.90. The van der Waals surface area contributed by atoms with Gasteiger partial charge in [-0.1, -0.05) is 32.0 Å². The molecule has 148 valence electrons. The van der Waals surface area contributed by atoms with Crippen molar-refractivity contribution in [1.29, 1.82) is 0 Å². The first-order chi connectivity index (χ1) is 13.7. The minimum atomic E-state index is 0.251. The van der Waals surface area contributed by atoms with Crippen molar-refractivity contribution in [2.45, 2.75) is 33.6 Å². The number of ether oxygens (including phenoxy) is 2. The van der Waals surface area contributed by atoms with Crippen molar-refractivity contribution < 1.29 is 14.6 Å². The van der Waals surface area contributed by atoms with E-state index in [9.17, 15) is 5.11 Å². The largest absolute Gasteiger partial charge is 0.504 e. The molecule has 0 radical (unpaired) electrons. The van der Waals surface area contributed by atoms with Crippen LogP contribution >= 0.6 is 0 Å². The van der Waals surface area contributed by atoms with E-state index in [0.717, 1.165) is 35.4 Å². The van der Waals surface area contributed by atoms with Gasteiger partial charge in [0.1, 0.15) is 11.4 Å². The van der Waals surface area contributed by atoms with Crippen LogP contribution in [0.25, 0.3) is 11.3 Å². The molecule has 0 bridgehead atoms. The summed E-state index contributed by atoms with van der Waals surface area (Å²) in [5.74, 6) is 1.70.